The molecular weight excluding hydrogens is 258 g/mol. The van der Waals surface area contributed by atoms with E-state index < -0.39 is 0 Å². The van der Waals surface area contributed by atoms with Crippen molar-refractivity contribution in [2.45, 2.75) is 0 Å². The summed E-state index contributed by atoms with van der Waals surface area (Å²) in [4.78, 5) is 22.8. The van der Waals surface area contributed by atoms with E-state index >= 15 is 0 Å². The maximum atomic E-state index is 12.4. The normalized spacial score (nSPS) is 10.6. The van der Waals surface area contributed by atoms with Crippen molar-refractivity contribution >= 4 is 16.7 Å². The molecule has 2 aromatic carbocycles. The minimum Gasteiger partial charge on any atom is -0.508 e. The highest BCUT2D eigenvalue weighted by Crippen LogP contribution is 2.24. The SMILES string of the molecule is O=Nc1ccc2c(=O)c(-c3ccc(O)cc3)coc2c1. The van der Waals surface area contributed by atoms with Gasteiger partial charge >= 0.3 is 0 Å². The molecular formula is C15H9NO4. The Hall–Kier alpha value is -2.95. The molecule has 0 saturated heterocycles. The summed E-state index contributed by atoms with van der Waals surface area (Å²) in [6.07, 6.45) is 1.34. The third kappa shape index (κ3) is 1.95. The lowest BCUT2D eigenvalue weighted by Crippen LogP contribution is -2.04. The summed E-state index contributed by atoms with van der Waals surface area (Å²) in [7, 11) is 0. The number of phenolic OH excluding ortho intramolecular Hbond substituents is 1. The van der Waals surface area contributed by atoms with Crippen LogP contribution >= 0.6 is 0 Å². The first-order chi connectivity index (χ1) is 9.69. The number of fused-ring (bicyclic) bond motifs is 1. The molecule has 3 rings (SSSR count). The van der Waals surface area contributed by atoms with E-state index in [1.54, 1.807) is 12.1 Å². The molecule has 0 radical (unpaired) electrons. The molecule has 5 heteroatoms. The summed E-state index contributed by atoms with van der Waals surface area (Å²) < 4.78 is 5.39. The van der Waals surface area contributed by atoms with Gasteiger partial charge in [0, 0.05) is 6.07 Å². The largest absolute Gasteiger partial charge is 0.508 e. The van der Waals surface area contributed by atoms with Gasteiger partial charge in [0.1, 0.15) is 23.3 Å². The van der Waals surface area contributed by atoms with Crippen LogP contribution in [0.15, 0.2) is 63.1 Å². The first-order valence-electron chi connectivity index (χ1n) is 5.87. The molecule has 1 N–H and O–H groups in total. The summed E-state index contributed by atoms with van der Waals surface area (Å²) >= 11 is 0. The number of phenols is 1. The minimum absolute atomic E-state index is 0.126. The maximum absolute atomic E-state index is 12.4. The van der Waals surface area contributed by atoms with E-state index in [0.717, 1.165) is 0 Å². The van der Waals surface area contributed by atoms with Crippen LogP contribution in [-0.4, -0.2) is 5.11 Å². The monoisotopic (exact) mass is 267 g/mol. The molecule has 0 fully saturated rings. The van der Waals surface area contributed by atoms with Crippen molar-refractivity contribution in [3.63, 3.8) is 0 Å². The number of nitroso groups, excluding NO2 is 1. The molecule has 1 aromatic heterocycles. The molecule has 0 aliphatic heterocycles. The molecule has 0 saturated carbocycles. The first-order valence-corrected chi connectivity index (χ1v) is 5.87. The Balaban J connectivity index is 2.23. The van der Waals surface area contributed by atoms with Crippen molar-refractivity contribution < 1.29 is 9.52 Å². The van der Waals surface area contributed by atoms with Crippen LogP contribution in [0.4, 0.5) is 5.69 Å². The Kier molecular flexibility index (Phi) is 2.80. The second-order valence-electron chi connectivity index (χ2n) is 4.30. The molecule has 0 amide bonds. The second kappa shape index (κ2) is 4.62. The van der Waals surface area contributed by atoms with Gasteiger partial charge in [0.05, 0.1) is 10.9 Å². The average molecular weight is 267 g/mol. The number of hydrogen-bond acceptors (Lipinski definition) is 5. The van der Waals surface area contributed by atoms with Gasteiger partial charge in [-0.1, -0.05) is 12.1 Å². The van der Waals surface area contributed by atoms with Gasteiger partial charge in [0.2, 0.25) is 0 Å². The molecule has 0 bridgehead atoms. The van der Waals surface area contributed by atoms with Gasteiger partial charge in [-0.15, -0.1) is 4.91 Å². The zero-order valence-corrected chi connectivity index (χ0v) is 10.2. The third-order valence-corrected chi connectivity index (χ3v) is 3.04. The van der Waals surface area contributed by atoms with Gasteiger partial charge in [0.25, 0.3) is 0 Å². The van der Waals surface area contributed by atoms with Crippen LogP contribution in [-0.2, 0) is 0 Å². The second-order valence-corrected chi connectivity index (χ2v) is 4.30. The number of nitrogens with zero attached hydrogens (tertiary/aromatic N) is 1. The van der Waals surface area contributed by atoms with E-state index in [9.17, 15) is 14.8 Å². The zero-order chi connectivity index (χ0) is 14.1. The van der Waals surface area contributed by atoms with Crippen LogP contribution < -0.4 is 5.43 Å². The summed E-state index contributed by atoms with van der Waals surface area (Å²) in [5, 5.41) is 12.4. The molecule has 0 atom stereocenters. The van der Waals surface area contributed by atoms with E-state index in [1.807, 2.05) is 0 Å². The van der Waals surface area contributed by atoms with Crippen molar-refractivity contribution in [1.82, 2.24) is 0 Å². The number of aromatic hydroxyl groups is 1. The highest BCUT2D eigenvalue weighted by atomic mass is 16.3. The lowest BCUT2D eigenvalue weighted by molar-refractivity contribution is 0.475. The van der Waals surface area contributed by atoms with Gasteiger partial charge in [-0.05, 0) is 35.0 Å². The quantitative estimate of drug-likeness (QED) is 0.720. The van der Waals surface area contributed by atoms with Crippen LogP contribution in [0.25, 0.3) is 22.1 Å². The van der Waals surface area contributed by atoms with Gasteiger partial charge in [-0.2, -0.15) is 0 Å². The molecule has 3 aromatic rings. The molecule has 20 heavy (non-hydrogen) atoms. The molecule has 1 heterocycles. The van der Waals surface area contributed by atoms with Crippen molar-refractivity contribution in [1.29, 1.82) is 0 Å². The lowest BCUT2D eigenvalue weighted by atomic mass is 10.1. The van der Waals surface area contributed by atoms with Crippen molar-refractivity contribution in [2.75, 3.05) is 0 Å². The van der Waals surface area contributed by atoms with Crippen molar-refractivity contribution in [2.24, 2.45) is 5.18 Å². The fourth-order valence-electron chi connectivity index (χ4n) is 2.01. The Labute approximate surface area is 113 Å². The molecule has 98 valence electrons. The maximum Gasteiger partial charge on any atom is 0.200 e. The fraction of sp³-hybridized carbons (Fsp3) is 0. The summed E-state index contributed by atoms with van der Waals surface area (Å²) in [6.45, 7) is 0. The summed E-state index contributed by atoms with van der Waals surface area (Å²) in [6, 6.07) is 10.7. The van der Waals surface area contributed by atoms with Crippen LogP contribution in [0.2, 0.25) is 0 Å². The highest BCUT2D eigenvalue weighted by Gasteiger charge is 2.09. The van der Waals surface area contributed by atoms with Crippen molar-refractivity contribution in [3.05, 3.63) is 63.9 Å². The number of hydrogen-bond donors (Lipinski definition) is 1. The number of benzene rings is 2. The van der Waals surface area contributed by atoms with Crippen molar-refractivity contribution in [3.8, 4) is 16.9 Å². The zero-order valence-electron chi connectivity index (χ0n) is 10.2. The Morgan fingerprint density at radius 1 is 1.05 bits per heavy atom. The van der Waals surface area contributed by atoms with Gasteiger partial charge in [-0.25, -0.2) is 0 Å². The van der Waals surface area contributed by atoms with Gasteiger partial charge in [0.15, 0.2) is 5.43 Å². The van der Waals surface area contributed by atoms with E-state index in [4.69, 9.17) is 4.42 Å². The minimum atomic E-state index is -0.200. The van der Waals surface area contributed by atoms with E-state index in [1.165, 1.54) is 36.6 Å². The van der Waals surface area contributed by atoms with E-state index in [-0.39, 0.29) is 16.9 Å². The molecule has 0 unspecified atom stereocenters. The predicted molar refractivity (Wildman–Crippen MR) is 75.0 cm³/mol. The van der Waals surface area contributed by atoms with Gasteiger partial charge < -0.3 is 9.52 Å². The standard InChI is InChI=1S/C15H9NO4/c17-11-4-1-9(2-5-11)13-8-20-14-7-10(16-19)3-6-12(14)15(13)18/h1-8,17H. The molecule has 0 aliphatic carbocycles. The van der Waals surface area contributed by atoms with Crippen LogP contribution in [0, 0.1) is 4.91 Å². The molecule has 0 aliphatic rings. The summed E-state index contributed by atoms with van der Waals surface area (Å²) in [5.74, 6) is 0.126. The highest BCUT2D eigenvalue weighted by molar-refractivity contribution is 5.83. The smallest absolute Gasteiger partial charge is 0.200 e. The van der Waals surface area contributed by atoms with Gasteiger partial charge in [-0.3, -0.25) is 4.79 Å². The number of rotatable bonds is 2. The Morgan fingerprint density at radius 2 is 1.80 bits per heavy atom. The predicted octanol–water partition coefficient (Wildman–Crippen LogP) is 3.56. The fourth-order valence-corrected chi connectivity index (χ4v) is 2.01. The van der Waals surface area contributed by atoms with Crippen LogP contribution in [0.5, 0.6) is 5.75 Å². The molecule has 0 spiro atoms. The first kappa shape index (κ1) is 12.1. The summed E-state index contributed by atoms with van der Waals surface area (Å²) in [5.41, 5.74) is 1.36. The molecule has 5 nitrogen and oxygen atoms in total. The Bertz CT molecular complexity index is 850. The van der Waals surface area contributed by atoms with Crippen LogP contribution in [0.1, 0.15) is 0 Å². The Morgan fingerprint density at radius 3 is 2.50 bits per heavy atom. The van der Waals surface area contributed by atoms with E-state index in [0.29, 0.717) is 22.1 Å². The lowest BCUT2D eigenvalue weighted by Gasteiger charge is -2.03. The topological polar surface area (TPSA) is 79.9 Å². The third-order valence-electron chi connectivity index (χ3n) is 3.04. The van der Waals surface area contributed by atoms with E-state index in [2.05, 4.69) is 5.18 Å². The average Bonchev–Trinajstić information content (AvgIpc) is 2.48. The van der Waals surface area contributed by atoms with Crippen LogP contribution in [0.3, 0.4) is 0 Å².